The van der Waals surface area contributed by atoms with Crippen LogP contribution in [-0.2, 0) is 14.8 Å². The number of para-hydroxylation sites is 2. The summed E-state index contributed by atoms with van der Waals surface area (Å²) in [6.45, 7) is 1.02. The molecule has 1 aromatic carbocycles. The Labute approximate surface area is 135 Å². The number of amides is 1. The van der Waals surface area contributed by atoms with E-state index in [2.05, 4.69) is 5.32 Å². The van der Waals surface area contributed by atoms with Gasteiger partial charge in [-0.25, -0.2) is 12.7 Å². The molecule has 2 heterocycles. The first kappa shape index (κ1) is 16.1. The van der Waals surface area contributed by atoms with Crippen LogP contribution in [0.5, 0.6) is 11.5 Å². The number of nitrogens with zero attached hydrogens (tertiary/aromatic N) is 1. The van der Waals surface area contributed by atoms with Crippen LogP contribution in [0.4, 0.5) is 0 Å². The number of sulfonamides is 1. The van der Waals surface area contributed by atoms with Crippen molar-refractivity contribution in [2.75, 3.05) is 26.0 Å². The molecule has 1 atom stereocenters. The first-order valence-corrected chi connectivity index (χ1v) is 9.42. The lowest BCUT2D eigenvalue weighted by Gasteiger charge is -2.32. The SMILES string of the molecule is CS(=O)(=O)N1CCC(NC(=O)[C@H]2COc3ccccc3O2)CC1. The number of hydrogen-bond acceptors (Lipinski definition) is 5. The van der Waals surface area contributed by atoms with E-state index in [1.54, 1.807) is 12.1 Å². The third kappa shape index (κ3) is 3.76. The molecule has 7 nitrogen and oxygen atoms in total. The molecule has 0 unspecified atom stereocenters. The van der Waals surface area contributed by atoms with Crippen LogP contribution in [-0.4, -0.2) is 56.7 Å². The van der Waals surface area contributed by atoms with Crippen molar-refractivity contribution < 1.29 is 22.7 Å². The zero-order chi connectivity index (χ0) is 16.4. The van der Waals surface area contributed by atoms with E-state index < -0.39 is 16.1 Å². The lowest BCUT2D eigenvalue weighted by Crippen LogP contribution is -2.51. The van der Waals surface area contributed by atoms with Crippen LogP contribution in [0.3, 0.4) is 0 Å². The molecule has 1 amide bonds. The minimum absolute atomic E-state index is 0.0405. The van der Waals surface area contributed by atoms with Crippen molar-refractivity contribution in [2.24, 2.45) is 0 Å². The summed E-state index contributed by atoms with van der Waals surface area (Å²) >= 11 is 0. The third-order valence-electron chi connectivity index (χ3n) is 4.07. The van der Waals surface area contributed by atoms with Crippen molar-refractivity contribution in [1.82, 2.24) is 9.62 Å². The van der Waals surface area contributed by atoms with Gasteiger partial charge in [0, 0.05) is 19.1 Å². The Bertz CT molecular complexity index is 683. The maximum absolute atomic E-state index is 12.3. The molecule has 1 N–H and O–H groups in total. The second-order valence-electron chi connectivity index (χ2n) is 5.81. The van der Waals surface area contributed by atoms with E-state index in [0.29, 0.717) is 37.4 Å². The Morgan fingerprint density at radius 3 is 2.52 bits per heavy atom. The van der Waals surface area contributed by atoms with Crippen molar-refractivity contribution >= 4 is 15.9 Å². The van der Waals surface area contributed by atoms with Crippen LogP contribution in [0.1, 0.15) is 12.8 Å². The van der Waals surface area contributed by atoms with Gasteiger partial charge in [0.05, 0.1) is 6.26 Å². The molecule has 2 aliphatic heterocycles. The molecule has 0 spiro atoms. The van der Waals surface area contributed by atoms with Gasteiger partial charge in [0.25, 0.3) is 5.91 Å². The maximum atomic E-state index is 12.3. The monoisotopic (exact) mass is 340 g/mol. The molecule has 23 heavy (non-hydrogen) atoms. The number of rotatable bonds is 3. The van der Waals surface area contributed by atoms with Crippen molar-refractivity contribution in [2.45, 2.75) is 25.0 Å². The number of hydrogen-bond donors (Lipinski definition) is 1. The highest BCUT2D eigenvalue weighted by Gasteiger charge is 2.31. The predicted molar refractivity (Wildman–Crippen MR) is 83.9 cm³/mol. The standard InChI is InChI=1S/C15H20N2O5S/c1-23(19,20)17-8-6-11(7-9-17)16-15(18)14-10-21-12-4-2-3-5-13(12)22-14/h2-5,11,14H,6-10H2,1H3,(H,16,18)/t14-/m1/s1. The first-order chi connectivity index (χ1) is 10.9. The molecule has 0 radical (unpaired) electrons. The molecule has 3 rings (SSSR count). The fourth-order valence-corrected chi connectivity index (χ4v) is 3.65. The number of carbonyl (C=O) groups excluding carboxylic acids is 1. The van der Waals surface area contributed by atoms with Gasteiger partial charge in [0.15, 0.2) is 11.5 Å². The van der Waals surface area contributed by atoms with E-state index in [1.807, 2.05) is 12.1 Å². The number of ether oxygens (including phenoxy) is 2. The quantitative estimate of drug-likeness (QED) is 0.859. The number of carbonyl (C=O) groups is 1. The Morgan fingerprint density at radius 2 is 1.87 bits per heavy atom. The summed E-state index contributed by atoms with van der Waals surface area (Å²) in [7, 11) is -3.16. The summed E-state index contributed by atoms with van der Waals surface area (Å²) in [6, 6.07) is 7.19. The van der Waals surface area contributed by atoms with Crippen LogP contribution in [0, 0.1) is 0 Å². The third-order valence-corrected chi connectivity index (χ3v) is 5.37. The van der Waals surface area contributed by atoms with Gasteiger partial charge < -0.3 is 14.8 Å². The average molecular weight is 340 g/mol. The summed E-state index contributed by atoms with van der Waals surface area (Å²) in [5.74, 6) is 0.973. The maximum Gasteiger partial charge on any atom is 0.264 e. The number of nitrogens with one attached hydrogen (secondary N) is 1. The average Bonchev–Trinajstić information content (AvgIpc) is 2.54. The van der Waals surface area contributed by atoms with E-state index in [9.17, 15) is 13.2 Å². The lowest BCUT2D eigenvalue weighted by atomic mass is 10.1. The molecule has 0 bridgehead atoms. The molecule has 1 fully saturated rings. The zero-order valence-corrected chi connectivity index (χ0v) is 13.7. The fourth-order valence-electron chi connectivity index (χ4n) is 2.77. The second kappa shape index (κ2) is 6.37. The van der Waals surface area contributed by atoms with Gasteiger partial charge in [-0.3, -0.25) is 4.79 Å². The lowest BCUT2D eigenvalue weighted by molar-refractivity contribution is -0.131. The Hall–Kier alpha value is -1.80. The minimum Gasteiger partial charge on any atom is -0.485 e. The van der Waals surface area contributed by atoms with E-state index in [1.165, 1.54) is 10.6 Å². The van der Waals surface area contributed by atoms with Crippen molar-refractivity contribution in [3.8, 4) is 11.5 Å². The van der Waals surface area contributed by atoms with Crippen molar-refractivity contribution in [3.63, 3.8) is 0 Å². The van der Waals surface area contributed by atoms with E-state index in [-0.39, 0.29) is 18.6 Å². The molecule has 1 aromatic rings. The number of fused-ring (bicyclic) bond motifs is 1. The van der Waals surface area contributed by atoms with Crippen molar-refractivity contribution in [3.05, 3.63) is 24.3 Å². The molecule has 2 aliphatic rings. The molecule has 0 aromatic heterocycles. The summed E-state index contributed by atoms with van der Waals surface area (Å²) in [6.07, 6.45) is 1.72. The largest absolute Gasteiger partial charge is 0.485 e. The summed E-state index contributed by atoms with van der Waals surface area (Å²) in [4.78, 5) is 12.3. The van der Waals surface area contributed by atoms with Gasteiger partial charge in [-0.1, -0.05) is 12.1 Å². The van der Waals surface area contributed by atoms with Gasteiger partial charge in [-0.2, -0.15) is 0 Å². The van der Waals surface area contributed by atoms with Crippen LogP contribution >= 0.6 is 0 Å². The predicted octanol–water partition coefficient (Wildman–Crippen LogP) is 0.367. The molecule has 0 aliphatic carbocycles. The molecule has 1 saturated heterocycles. The highest BCUT2D eigenvalue weighted by molar-refractivity contribution is 7.88. The highest BCUT2D eigenvalue weighted by atomic mass is 32.2. The van der Waals surface area contributed by atoms with Gasteiger partial charge in [-0.15, -0.1) is 0 Å². The zero-order valence-electron chi connectivity index (χ0n) is 12.9. The minimum atomic E-state index is -3.16. The topological polar surface area (TPSA) is 84.9 Å². The van der Waals surface area contributed by atoms with Gasteiger partial charge in [0.1, 0.15) is 6.61 Å². The molecular formula is C15H20N2O5S. The van der Waals surface area contributed by atoms with Crippen LogP contribution in [0.25, 0.3) is 0 Å². The Kier molecular flexibility index (Phi) is 4.45. The smallest absolute Gasteiger partial charge is 0.264 e. The fraction of sp³-hybridized carbons (Fsp3) is 0.533. The van der Waals surface area contributed by atoms with Gasteiger partial charge in [0.2, 0.25) is 16.1 Å². The van der Waals surface area contributed by atoms with Crippen LogP contribution in [0.2, 0.25) is 0 Å². The number of benzene rings is 1. The van der Waals surface area contributed by atoms with Crippen molar-refractivity contribution in [1.29, 1.82) is 0 Å². The molecule has 0 saturated carbocycles. The van der Waals surface area contributed by atoms with E-state index >= 15 is 0 Å². The molecule has 126 valence electrons. The number of piperidine rings is 1. The highest BCUT2D eigenvalue weighted by Crippen LogP contribution is 2.30. The molecule has 8 heteroatoms. The summed E-state index contributed by atoms with van der Waals surface area (Å²) in [5.41, 5.74) is 0. The first-order valence-electron chi connectivity index (χ1n) is 7.57. The second-order valence-corrected chi connectivity index (χ2v) is 7.79. The molecular weight excluding hydrogens is 320 g/mol. The van der Waals surface area contributed by atoms with Crippen LogP contribution < -0.4 is 14.8 Å². The summed E-state index contributed by atoms with van der Waals surface area (Å²) < 4.78 is 35.6. The normalized spacial score (nSPS) is 22.6. The van der Waals surface area contributed by atoms with Gasteiger partial charge >= 0.3 is 0 Å². The van der Waals surface area contributed by atoms with Crippen LogP contribution in [0.15, 0.2) is 24.3 Å². The Morgan fingerprint density at radius 1 is 1.22 bits per heavy atom. The summed E-state index contributed by atoms with van der Waals surface area (Å²) in [5, 5.41) is 2.93. The van der Waals surface area contributed by atoms with E-state index in [0.717, 1.165) is 0 Å². The Balaban J connectivity index is 1.53. The van der Waals surface area contributed by atoms with Gasteiger partial charge in [-0.05, 0) is 25.0 Å². The van der Waals surface area contributed by atoms with E-state index in [4.69, 9.17) is 9.47 Å².